The Morgan fingerprint density at radius 1 is 1.22 bits per heavy atom. The largest absolute Gasteiger partial charge is 0.449 e. The number of nitrogens with one attached hydrogen (secondary N) is 1. The summed E-state index contributed by atoms with van der Waals surface area (Å²) in [5.41, 5.74) is 0.707. The van der Waals surface area contributed by atoms with Gasteiger partial charge in [0.25, 0.3) is 5.91 Å². The zero-order valence-corrected chi connectivity index (χ0v) is 15.5. The van der Waals surface area contributed by atoms with E-state index in [1.807, 2.05) is 0 Å². The zero-order valence-electron chi connectivity index (χ0n) is 14.0. The lowest BCUT2D eigenvalue weighted by atomic mass is 10.1. The fourth-order valence-corrected chi connectivity index (χ4v) is 3.06. The van der Waals surface area contributed by atoms with Gasteiger partial charge in [0.05, 0.1) is 27.0 Å². The smallest absolute Gasteiger partial charge is 0.340 e. The Hall–Kier alpha value is -2.64. The number of rotatable bonds is 3. The van der Waals surface area contributed by atoms with Gasteiger partial charge in [0.2, 0.25) is 5.91 Å². The lowest BCUT2D eigenvalue weighted by Gasteiger charge is -2.30. The van der Waals surface area contributed by atoms with Crippen molar-refractivity contribution in [2.45, 2.75) is 13.0 Å². The number of carbonyl (C=O) groups is 3. The van der Waals surface area contributed by atoms with Crippen LogP contribution in [0.5, 0.6) is 0 Å². The Balaban J connectivity index is 1.80. The van der Waals surface area contributed by atoms with E-state index in [2.05, 4.69) is 5.32 Å². The predicted octanol–water partition coefficient (Wildman–Crippen LogP) is 3.66. The summed E-state index contributed by atoms with van der Waals surface area (Å²) < 4.78 is 18.7. The van der Waals surface area contributed by atoms with Gasteiger partial charge in [-0.1, -0.05) is 35.3 Å². The van der Waals surface area contributed by atoms with E-state index in [0.717, 1.165) is 12.1 Å². The van der Waals surface area contributed by atoms with Crippen molar-refractivity contribution in [3.63, 3.8) is 0 Å². The highest BCUT2D eigenvalue weighted by molar-refractivity contribution is 6.36. The molecule has 3 rings (SSSR count). The van der Waals surface area contributed by atoms with Crippen LogP contribution >= 0.6 is 23.2 Å². The number of hydrogen-bond acceptors (Lipinski definition) is 4. The number of para-hydroxylation sites is 2. The number of halogens is 3. The van der Waals surface area contributed by atoms with E-state index < -0.39 is 23.8 Å². The fourth-order valence-electron chi connectivity index (χ4n) is 2.60. The maximum Gasteiger partial charge on any atom is 0.340 e. The van der Waals surface area contributed by atoms with E-state index in [-0.39, 0.29) is 28.1 Å². The van der Waals surface area contributed by atoms with E-state index >= 15 is 0 Å². The number of benzene rings is 2. The highest BCUT2D eigenvalue weighted by atomic mass is 35.5. The highest BCUT2D eigenvalue weighted by Crippen LogP contribution is 2.30. The summed E-state index contributed by atoms with van der Waals surface area (Å²) in [7, 11) is 0. The summed E-state index contributed by atoms with van der Waals surface area (Å²) in [5, 5.41) is 2.31. The quantitative estimate of drug-likeness (QED) is 0.618. The molecule has 0 unspecified atom stereocenters. The minimum Gasteiger partial charge on any atom is -0.449 e. The summed E-state index contributed by atoms with van der Waals surface area (Å²) >= 11 is 11.5. The maximum absolute atomic E-state index is 13.6. The Morgan fingerprint density at radius 2 is 1.93 bits per heavy atom. The number of ether oxygens (including phenoxy) is 1. The minimum absolute atomic E-state index is 0.103. The Kier molecular flexibility index (Phi) is 5.34. The van der Waals surface area contributed by atoms with Crippen molar-refractivity contribution >= 4 is 52.4 Å². The minimum atomic E-state index is -1.23. The molecule has 2 aromatic carbocycles. The lowest BCUT2D eigenvalue weighted by Crippen LogP contribution is -2.47. The van der Waals surface area contributed by atoms with Crippen LogP contribution in [0.3, 0.4) is 0 Å². The first-order valence-electron chi connectivity index (χ1n) is 7.83. The molecule has 0 saturated carbocycles. The van der Waals surface area contributed by atoms with Gasteiger partial charge in [-0.3, -0.25) is 14.5 Å². The summed E-state index contributed by atoms with van der Waals surface area (Å²) in [6.07, 6.45) is -1.23. The predicted molar refractivity (Wildman–Crippen MR) is 98.7 cm³/mol. The van der Waals surface area contributed by atoms with Crippen LogP contribution in [0.2, 0.25) is 10.0 Å². The van der Waals surface area contributed by atoms with Gasteiger partial charge in [-0.25, -0.2) is 9.18 Å². The molecular formula is C18H13Cl2FN2O4. The summed E-state index contributed by atoms with van der Waals surface area (Å²) in [5.74, 6) is -2.79. The molecule has 0 spiro atoms. The SMILES string of the molecule is C[C@@H](OC(=O)c1cc(F)c(Cl)cc1Cl)C(=O)N1CC(=O)Nc2ccccc21. The van der Waals surface area contributed by atoms with E-state index in [4.69, 9.17) is 27.9 Å². The fraction of sp³-hybridized carbons (Fsp3) is 0.167. The monoisotopic (exact) mass is 410 g/mol. The molecular weight excluding hydrogens is 398 g/mol. The van der Waals surface area contributed by atoms with E-state index in [9.17, 15) is 18.8 Å². The Labute approximate surface area is 163 Å². The molecule has 1 aliphatic rings. The van der Waals surface area contributed by atoms with Gasteiger partial charge in [0, 0.05) is 0 Å². The number of amides is 2. The van der Waals surface area contributed by atoms with Gasteiger partial charge in [-0.15, -0.1) is 0 Å². The van der Waals surface area contributed by atoms with Crippen molar-refractivity contribution < 1.29 is 23.5 Å². The van der Waals surface area contributed by atoms with E-state index in [0.29, 0.717) is 11.4 Å². The second-order valence-electron chi connectivity index (χ2n) is 5.78. The zero-order chi connectivity index (χ0) is 19.7. The standard InChI is InChI=1S/C18H13Cl2FN2O4/c1-9(27-18(26)10-6-13(21)12(20)7-11(10)19)17(25)23-8-16(24)22-14-4-2-3-5-15(14)23/h2-7,9H,8H2,1H3,(H,22,24)/t9-/m1/s1. The first-order valence-corrected chi connectivity index (χ1v) is 8.59. The third-order valence-electron chi connectivity index (χ3n) is 3.90. The molecule has 1 atom stereocenters. The van der Waals surface area contributed by atoms with Crippen LogP contribution in [0.4, 0.5) is 15.8 Å². The van der Waals surface area contributed by atoms with Crippen molar-refractivity contribution in [1.29, 1.82) is 0 Å². The van der Waals surface area contributed by atoms with Crippen LogP contribution in [-0.2, 0) is 14.3 Å². The first kappa shape index (κ1) is 19.1. The van der Waals surface area contributed by atoms with Gasteiger partial charge in [0.1, 0.15) is 12.4 Å². The molecule has 6 nitrogen and oxygen atoms in total. The van der Waals surface area contributed by atoms with Gasteiger partial charge in [-0.05, 0) is 31.2 Å². The maximum atomic E-state index is 13.6. The molecule has 27 heavy (non-hydrogen) atoms. The molecule has 0 aliphatic carbocycles. The number of nitrogens with zero attached hydrogens (tertiary/aromatic N) is 1. The number of hydrogen-bond donors (Lipinski definition) is 1. The van der Waals surface area contributed by atoms with E-state index in [1.165, 1.54) is 11.8 Å². The molecule has 0 aromatic heterocycles. The lowest BCUT2D eigenvalue weighted by molar-refractivity contribution is -0.128. The van der Waals surface area contributed by atoms with Crippen molar-refractivity contribution in [3.8, 4) is 0 Å². The summed E-state index contributed by atoms with van der Waals surface area (Å²) in [6.45, 7) is 1.14. The average molecular weight is 411 g/mol. The number of esters is 1. The van der Waals surface area contributed by atoms with Crippen molar-refractivity contribution in [2.24, 2.45) is 0 Å². The van der Waals surface area contributed by atoms with Crippen LogP contribution in [0.1, 0.15) is 17.3 Å². The highest BCUT2D eigenvalue weighted by Gasteiger charge is 2.32. The van der Waals surface area contributed by atoms with Gasteiger partial charge >= 0.3 is 5.97 Å². The van der Waals surface area contributed by atoms with Crippen LogP contribution < -0.4 is 10.2 Å². The normalized spacial score (nSPS) is 14.2. The molecule has 0 fully saturated rings. The van der Waals surface area contributed by atoms with Crippen LogP contribution in [0, 0.1) is 5.82 Å². The van der Waals surface area contributed by atoms with Crippen LogP contribution in [-0.4, -0.2) is 30.4 Å². The summed E-state index contributed by atoms with van der Waals surface area (Å²) in [6, 6.07) is 8.66. The van der Waals surface area contributed by atoms with Gasteiger partial charge in [-0.2, -0.15) is 0 Å². The molecule has 1 heterocycles. The molecule has 0 bridgehead atoms. The third-order valence-corrected chi connectivity index (χ3v) is 4.50. The average Bonchev–Trinajstić information content (AvgIpc) is 2.63. The molecule has 9 heteroatoms. The topological polar surface area (TPSA) is 75.7 Å². The number of fused-ring (bicyclic) bond motifs is 1. The number of anilines is 2. The molecule has 1 N–H and O–H groups in total. The Morgan fingerprint density at radius 3 is 2.67 bits per heavy atom. The van der Waals surface area contributed by atoms with Crippen molar-refractivity contribution in [1.82, 2.24) is 0 Å². The molecule has 140 valence electrons. The van der Waals surface area contributed by atoms with E-state index in [1.54, 1.807) is 24.3 Å². The second-order valence-corrected chi connectivity index (χ2v) is 6.60. The van der Waals surface area contributed by atoms with Crippen molar-refractivity contribution in [2.75, 3.05) is 16.8 Å². The molecule has 0 saturated heterocycles. The Bertz CT molecular complexity index is 951. The number of carbonyl (C=O) groups excluding carboxylic acids is 3. The molecule has 2 aromatic rings. The molecule has 2 amide bonds. The van der Waals surface area contributed by atoms with Gasteiger partial charge < -0.3 is 10.1 Å². The molecule has 0 radical (unpaired) electrons. The van der Waals surface area contributed by atoms with Crippen LogP contribution in [0.25, 0.3) is 0 Å². The summed E-state index contributed by atoms with van der Waals surface area (Å²) in [4.78, 5) is 38.0. The molecule has 1 aliphatic heterocycles. The van der Waals surface area contributed by atoms with Crippen LogP contribution in [0.15, 0.2) is 36.4 Å². The first-order chi connectivity index (χ1) is 12.8. The van der Waals surface area contributed by atoms with Crippen molar-refractivity contribution in [3.05, 3.63) is 57.8 Å². The van der Waals surface area contributed by atoms with Gasteiger partial charge in [0.15, 0.2) is 6.10 Å². The second kappa shape index (κ2) is 7.54. The third kappa shape index (κ3) is 3.89.